The number of thiophene rings is 2. The summed E-state index contributed by atoms with van der Waals surface area (Å²) >= 11 is 3.18. The number of amides is 3. The van der Waals surface area contributed by atoms with E-state index < -0.39 is 24.1 Å². The number of fused-ring (bicyclic) bond motifs is 1. The Morgan fingerprint density at radius 1 is 0.977 bits per heavy atom. The zero-order valence-electron chi connectivity index (χ0n) is 24.8. The van der Waals surface area contributed by atoms with Crippen molar-refractivity contribution in [2.24, 2.45) is 0 Å². The van der Waals surface area contributed by atoms with Crippen LogP contribution in [0.2, 0.25) is 0 Å². The second-order valence-electron chi connectivity index (χ2n) is 10.1. The number of ether oxygens (including phenoxy) is 4. The molecule has 0 saturated heterocycles. The van der Waals surface area contributed by atoms with Gasteiger partial charge < -0.3 is 29.2 Å². The second kappa shape index (κ2) is 16.2. The summed E-state index contributed by atoms with van der Waals surface area (Å²) in [6, 6.07) is 11.8. The first-order valence-electron chi connectivity index (χ1n) is 14.4. The Labute approximate surface area is 260 Å². The monoisotopic (exact) mass is 629 g/mol. The fourth-order valence-corrected chi connectivity index (χ4v) is 6.08. The summed E-state index contributed by atoms with van der Waals surface area (Å²) in [7, 11) is 1.68. The molecule has 0 unspecified atom stereocenters. The number of likely N-dealkylation sites (N-methyl/N-ethyl adjacent to an activating group) is 1. The van der Waals surface area contributed by atoms with Gasteiger partial charge in [-0.2, -0.15) is 0 Å². The minimum Gasteiger partial charge on any atom is -0.466 e. The van der Waals surface area contributed by atoms with E-state index in [0.717, 1.165) is 22.6 Å². The zero-order chi connectivity index (χ0) is 30.6. The second-order valence-corrected chi connectivity index (χ2v) is 12.2. The predicted molar refractivity (Wildman–Crippen MR) is 165 cm³/mol. The maximum Gasteiger partial charge on any atom is 0.410 e. The van der Waals surface area contributed by atoms with E-state index in [2.05, 4.69) is 12.2 Å². The van der Waals surface area contributed by atoms with Gasteiger partial charge in [-0.05, 0) is 53.9 Å². The normalized spacial score (nSPS) is 13.2. The van der Waals surface area contributed by atoms with Gasteiger partial charge in [-0.15, -0.1) is 22.7 Å². The van der Waals surface area contributed by atoms with Gasteiger partial charge in [-0.25, -0.2) is 9.59 Å². The average Bonchev–Trinajstić information content (AvgIpc) is 3.79. The predicted octanol–water partition coefficient (Wildman–Crippen LogP) is 6.57. The number of nitrogens with one attached hydrogen (secondary N) is 1. The van der Waals surface area contributed by atoms with Crippen molar-refractivity contribution in [3.63, 3.8) is 0 Å². The van der Waals surface area contributed by atoms with Crippen LogP contribution in [-0.2, 0) is 27.4 Å². The van der Waals surface area contributed by atoms with Crippen LogP contribution in [0.15, 0.2) is 53.2 Å². The van der Waals surface area contributed by atoms with Crippen LogP contribution in [0.1, 0.15) is 60.9 Å². The van der Waals surface area contributed by atoms with Gasteiger partial charge in [-0.1, -0.05) is 38.0 Å². The summed E-state index contributed by atoms with van der Waals surface area (Å²) < 4.78 is 21.9. The number of rotatable bonds is 15. The molecule has 2 aromatic heterocycles. The van der Waals surface area contributed by atoms with E-state index in [-0.39, 0.29) is 32.5 Å². The van der Waals surface area contributed by atoms with Crippen LogP contribution in [0.25, 0.3) is 0 Å². The maximum absolute atomic E-state index is 13.6. The van der Waals surface area contributed by atoms with Crippen molar-refractivity contribution in [1.29, 1.82) is 0 Å². The third kappa shape index (κ3) is 9.36. The molecule has 3 aromatic rings. The summed E-state index contributed by atoms with van der Waals surface area (Å²) in [6.07, 6.45) is 1.93. The van der Waals surface area contributed by atoms with Gasteiger partial charge in [-0.3, -0.25) is 9.69 Å². The van der Waals surface area contributed by atoms with Crippen molar-refractivity contribution in [3.05, 3.63) is 68.5 Å². The molecule has 1 aliphatic heterocycles. The molecular weight excluding hydrogens is 590 g/mol. The van der Waals surface area contributed by atoms with Gasteiger partial charge in [0.25, 0.3) is 0 Å². The van der Waals surface area contributed by atoms with E-state index in [1.165, 1.54) is 0 Å². The van der Waals surface area contributed by atoms with Crippen molar-refractivity contribution in [2.45, 2.75) is 64.7 Å². The van der Waals surface area contributed by atoms with Crippen LogP contribution < -0.4 is 14.8 Å². The van der Waals surface area contributed by atoms with Gasteiger partial charge in [0.05, 0.1) is 38.2 Å². The Morgan fingerprint density at radius 3 is 2.30 bits per heavy atom. The van der Waals surface area contributed by atoms with E-state index in [4.69, 9.17) is 18.9 Å². The van der Waals surface area contributed by atoms with Gasteiger partial charge in [0, 0.05) is 16.8 Å². The molecule has 0 fully saturated rings. The minimum absolute atomic E-state index is 0.0424. The lowest BCUT2D eigenvalue weighted by molar-refractivity contribution is -0.143. The molecule has 3 heterocycles. The molecule has 0 saturated carbocycles. The fraction of sp³-hybridized carbons (Fsp3) is 0.452. The molecule has 1 aliphatic rings. The number of nitrogens with zero attached hydrogens (tertiary/aromatic N) is 2. The van der Waals surface area contributed by atoms with E-state index in [1.807, 2.05) is 35.0 Å². The molecule has 0 spiro atoms. The smallest absolute Gasteiger partial charge is 0.410 e. The number of hydrogen-bond donors (Lipinski definition) is 1. The van der Waals surface area contributed by atoms with Crippen molar-refractivity contribution in [1.82, 2.24) is 15.1 Å². The lowest BCUT2D eigenvalue weighted by Gasteiger charge is -2.31. The molecule has 0 radical (unpaired) electrons. The molecule has 232 valence electrons. The Morgan fingerprint density at radius 2 is 1.67 bits per heavy atom. The molecule has 4 rings (SSSR count). The van der Waals surface area contributed by atoms with Gasteiger partial charge >= 0.3 is 18.1 Å². The molecule has 1 aromatic carbocycles. The quantitative estimate of drug-likeness (QED) is 0.190. The Balaban J connectivity index is 1.44. The number of urea groups is 1. The van der Waals surface area contributed by atoms with Crippen molar-refractivity contribution >= 4 is 40.8 Å². The first-order valence-corrected chi connectivity index (χ1v) is 16.2. The first kappa shape index (κ1) is 32.2. The maximum atomic E-state index is 13.6. The van der Waals surface area contributed by atoms with Crippen molar-refractivity contribution in [2.75, 3.05) is 27.1 Å². The summed E-state index contributed by atoms with van der Waals surface area (Å²) in [5.74, 6) is 0.730. The molecule has 43 heavy (non-hydrogen) atoms. The van der Waals surface area contributed by atoms with Crippen molar-refractivity contribution in [3.8, 4) is 11.5 Å². The molecule has 0 aliphatic carbocycles. The molecule has 1 N–H and O–H groups in total. The first-order chi connectivity index (χ1) is 20.9. The fourth-order valence-electron chi connectivity index (χ4n) is 4.64. The topological polar surface area (TPSA) is 107 Å². The van der Waals surface area contributed by atoms with E-state index >= 15 is 0 Å². The largest absolute Gasteiger partial charge is 0.466 e. The third-order valence-corrected chi connectivity index (χ3v) is 8.77. The van der Waals surface area contributed by atoms with E-state index in [0.29, 0.717) is 36.6 Å². The number of unbranched alkanes of at least 4 members (excludes halogenated alkanes) is 1. The van der Waals surface area contributed by atoms with Gasteiger partial charge in [0.2, 0.25) is 6.79 Å². The number of hydrogen-bond acceptors (Lipinski definition) is 9. The third-order valence-electron chi connectivity index (χ3n) is 7.04. The van der Waals surface area contributed by atoms with Crippen LogP contribution >= 0.6 is 22.7 Å². The highest BCUT2D eigenvalue weighted by Gasteiger charge is 2.28. The van der Waals surface area contributed by atoms with Crippen LogP contribution in [0, 0.1) is 0 Å². The standard InChI is InChI=1S/C31H39N3O7S2/c1-4-6-9-23(20-39-31(37)34(18-24-10-7-14-42-24)19-25-11-8-15-43-25)33(3)30(36)32-26(17-29(35)38-5-2)22-12-13-27-28(16-22)41-21-40-27/h7-8,10-16,23,26H,4-6,9,17-21H2,1-3H3,(H,32,36)/t23-,26+/m0/s1. The lowest BCUT2D eigenvalue weighted by atomic mass is 10.0. The summed E-state index contributed by atoms with van der Waals surface area (Å²) in [5, 5.41) is 6.95. The molecule has 0 bridgehead atoms. The minimum atomic E-state index is -0.662. The SMILES string of the molecule is CCCC[C@@H](COC(=O)N(Cc1cccs1)Cc1cccs1)N(C)C(=O)N[C@H](CC(=O)OCC)c1ccc2c(c1)OCO2. The molecule has 3 amide bonds. The highest BCUT2D eigenvalue weighted by Crippen LogP contribution is 2.35. The Bertz CT molecular complexity index is 1280. The Kier molecular flexibility index (Phi) is 12.1. The number of carbonyl (C=O) groups excluding carboxylic acids is 3. The zero-order valence-corrected chi connectivity index (χ0v) is 26.4. The summed E-state index contributed by atoms with van der Waals surface area (Å²) in [6.45, 7) is 5.09. The van der Waals surface area contributed by atoms with Crippen LogP contribution in [-0.4, -0.2) is 61.0 Å². The number of carbonyl (C=O) groups is 3. The molecular formula is C31H39N3O7S2. The van der Waals surface area contributed by atoms with E-state index in [9.17, 15) is 14.4 Å². The van der Waals surface area contributed by atoms with Gasteiger partial charge in [0.15, 0.2) is 11.5 Å². The van der Waals surface area contributed by atoms with Gasteiger partial charge in [0.1, 0.15) is 6.61 Å². The van der Waals surface area contributed by atoms with E-state index in [1.54, 1.807) is 64.6 Å². The average molecular weight is 630 g/mol. The van der Waals surface area contributed by atoms with Crippen LogP contribution in [0.4, 0.5) is 9.59 Å². The lowest BCUT2D eigenvalue weighted by Crippen LogP contribution is -2.47. The molecule has 2 atom stereocenters. The number of benzene rings is 1. The molecule has 10 nitrogen and oxygen atoms in total. The number of esters is 1. The van der Waals surface area contributed by atoms with Crippen molar-refractivity contribution < 1.29 is 33.3 Å². The summed E-state index contributed by atoms with van der Waals surface area (Å²) in [4.78, 5) is 44.7. The molecule has 12 heteroatoms. The Hall–Kier alpha value is -3.77. The van der Waals surface area contributed by atoms with Crippen LogP contribution in [0.5, 0.6) is 11.5 Å². The highest BCUT2D eigenvalue weighted by molar-refractivity contribution is 7.10. The van der Waals surface area contributed by atoms with Crippen LogP contribution in [0.3, 0.4) is 0 Å². The highest BCUT2D eigenvalue weighted by atomic mass is 32.1. The summed E-state index contributed by atoms with van der Waals surface area (Å²) in [5.41, 5.74) is 0.688.